The van der Waals surface area contributed by atoms with Crippen molar-refractivity contribution in [2.45, 2.75) is 25.2 Å². The van der Waals surface area contributed by atoms with Crippen molar-refractivity contribution >= 4 is 15.9 Å². The highest BCUT2D eigenvalue weighted by Gasteiger charge is 2.16. The van der Waals surface area contributed by atoms with Crippen molar-refractivity contribution in [3.05, 3.63) is 29.8 Å². The molecule has 1 aromatic rings. The van der Waals surface area contributed by atoms with E-state index in [1.54, 1.807) is 36.1 Å². The molecule has 0 spiro atoms. The molecule has 0 saturated heterocycles. The Morgan fingerprint density at radius 1 is 1.13 bits per heavy atom. The molecule has 23 heavy (non-hydrogen) atoms. The zero-order valence-corrected chi connectivity index (χ0v) is 15.2. The summed E-state index contributed by atoms with van der Waals surface area (Å²) in [7, 11) is 0.419. The van der Waals surface area contributed by atoms with Gasteiger partial charge in [-0.25, -0.2) is 13.1 Å². The SMILES string of the molecule is CC(=O)N(CCCN(C)C)CCNS(=O)(=O)c1ccccc1C. The van der Waals surface area contributed by atoms with Crippen LogP contribution in [0.2, 0.25) is 0 Å². The molecule has 1 N–H and O–H groups in total. The molecule has 0 bridgehead atoms. The van der Waals surface area contributed by atoms with Gasteiger partial charge in [0.05, 0.1) is 4.90 Å². The molecule has 0 aliphatic rings. The van der Waals surface area contributed by atoms with Crippen LogP contribution in [0.15, 0.2) is 29.2 Å². The molecule has 0 heterocycles. The van der Waals surface area contributed by atoms with E-state index in [2.05, 4.69) is 9.62 Å². The Hall–Kier alpha value is -1.44. The van der Waals surface area contributed by atoms with Crippen molar-refractivity contribution < 1.29 is 13.2 Å². The number of benzene rings is 1. The van der Waals surface area contributed by atoms with E-state index < -0.39 is 10.0 Å². The Balaban J connectivity index is 2.55. The second-order valence-electron chi connectivity index (χ2n) is 5.83. The van der Waals surface area contributed by atoms with Crippen LogP contribution >= 0.6 is 0 Å². The minimum Gasteiger partial charge on any atom is -0.342 e. The predicted octanol–water partition coefficient (Wildman–Crippen LogP) is 1.07. The van der Waals surface area contributed by atoms with Crippen LogP contribution in [0.3, 0.4) is 0 Å². The van der Waals surface area contributed by atoms with Gasteiger partial charge in [0, 0.05) is 26.6 Å². The molecule has 0 aromatic heterocycles. The standard InChI is InChI=1S/C16H27N3O3S/c1-14-8-5-6-9-16(14)23(21,22)17-10-13-19(15(2)20)12-7-11-18(3)4/h5-6,8-9,17H,7,10-13H2,1-4H3. The first-order chi connectivity index (χ1) is 10.7. The molecule has 0 fully saturated rings. The highest BCUT2D eigenvalue weighted by Crippen LogP contribution is 2.13. The largest absolute Gasteiger partial charge is 0.342 e. The molecule has 130 valence electrons. The number of nitrogens with one attached hydrogen (secondary N) is 1. The second-order valence-corrected chi connectivity index (χ2v) is 7.56. The van der Waals surface area contributed by atoms with E-state index in [1.807, 2.05) is 14.1 Å². The number of carbonyl (C=O) groups is 1. The average molecular weight is 341 g/mol. The minimum absolute atomic E-state index is 0.0427. The van der Waals surface area contributed by atoms with Gasteiger partial charge in [0.2, 0.25) is 15.9 Å². The molecule has 7 heteroatoms. The van der Waals surface area contributed by atoms with E-state index in [0.717, 1.165) is 13.0 Å². The van der Waals surface area contributed by atoms with Crippen LogP contribution in [-0.2, 0) is 14.8 Å². The van der Waals surface area contributed by atoms with Gasteiger partial charge in [-0.05, 0) is 45.6 Å². The van der Waals surface area contributed by atoms with E-state index in [-0.39, 0.29) is 17.3 Å². The van der Waals surface area contributed by atoms with E-state index in [9.17, 15) is 13.2 Å². The number of amides is 1. The van der Waals surface area contributed by atoms with Crippen LogP contribution in [-0.4, -0.2) is 64.4 Å². The van der Waals surface area contributed by atoms with Crippen molar-refractivity contribution in [1.29, 1.82) is 0 Å². The lowest BCUT2D eigenvalue weighted by Crippen LogP contribution is -2.38. The van der Waals surface area contributed by atoms with Crippen molar-refractivity contribution in [2.75, 3.05) is 40.3 Å². The minimum atomic E-state index is -3.54. The number of rotatable bonds is 9. The topological polar surface area (TPSA) is 69.7 Å². The summed E-state index contributed by atoms with van der Waals surface area (Å²) in [6, 6.07) is 6.84. The molecular formula is C16H27N3O3S. The molecule has 1 aromatic carbocycles. The fourth-order valence-electron chi connectivity index (χ4n) is 2.26. The third-order valence-corrected chi connectivity index (χ3v) is 5.16. The lowest BCUT2D eigenvalue weighted by Gasteiger charge is -2.22. The number of hydrogen-bond acceptors (Lipinski definition) is 4. The van der Waals surface area contributed by atoms with Gasteiger partial charge in [-0.1, -0.05) is 18.2 Å². The number of hydrogen-bond donors (Lipinski definition) is 1. The van der Waals surface area contributed by atoms with Gasteiger partial charge in [0.1, 0.15) is 0 Å². The van der Waals surface area contributed by atoms with Gasteiger partial charge in [0.25, 0.3) is 0 Å². The van der Waals surface area contributed by atoms with Gasteiger partial charge in [-0.15, -0.1) is 0 Å². The van der Waals surface area contributed by atoms with Crippen molar-refractivity contribution in [3.63, 3.8) is 0 Å². The predicted molar refractivity (Wildman–Crippen MR) is 91.8 cm³/mol. The Kier molecular flexibility index (Phi) is 7.67. The third-order valence-electron chi connectivity index (χ3n) is 3.54. The molecule has 0 atom stereocenters. The number of nitrogens with zero attached hydrogens (tertiary/aromatic N) is 2. The lowest BCUT2D eigenvalue weighted by molar-refractivity contribution is -0.128. The Morgan fingerprint density at radius 2 is 1.78 bits per heavy atom. The molecule has 6 nitrogen and oxygen atoms in total. The maximum Gasteiger partial charge on any atom is 0.240 e. The molecule has 0 saturated carbocycles. The summed E-state index contributed by atoms with van der Waals surface area (Å²) in [6.07, 6.45) is 0.858. The zero-order valence-electron chi connectivity index (χ0n) is 14.4. The van der Waals surface area contributed by atoms with Crippen LogP contribution in [0, 0.1) is 6.92 Å². The zero-order chi connectivity index (χ0) is 17.5. The van der Waals surface area contributed by atoms with Crippen LogP contribution in [0.25, 0.3) is 0 Å². The normalized spacial score (nSPS) is 11.7. The van der Waals surface area contributed by atoms with Crippen molar-refractivity contribution in [2.24, 2.45) is 0 Å². The molecule has 1 rings (SSSR count). The van der Waals surface area contributed by atoms with Gasteiger partial charge in [-0.2, -0.15) is 0 Å². The fourth-order valence-corrected chi connectivity index (χ4v) is 3.52. The third kappa shape index (κ3) is 6.68. The van der Waals surface area contributed by atoms with E-state index >= 15 is 0 Å². The van der Waals surface area contributed by atoms with Crippen molar-refractivity contribution in [3.8, 4) is 0 Å². The number of sulfonamides is 1. The Labute approximate surface area is 139 Å². The summed E-state index contributed by atoms with van der Waals surface area (Å²) in [5.41, 5.74) is 0.703. The van der Waals surface area contributed by atoms with E-state index in [4.69, 9.17) is 0 Å². The second kappa shape index (κ2) is 9.00. The van der Waals surface area contributed by atoms with E-state index in [1.165, 1.54) is 6.92 Å². The van der Waals surface area contributed by atoms with Gasteiger partial charge < -0.3 is 9.80 Å². The van der Waals surface area contributed by atoms with E-state index in [0.29, 0.717) is 18.7 Å². The summed E-state index contributed by atoms with van der Waals surface area (Å²) in [5, 5.41) is 0. The maximum atomic E-state index is 12.3. The summed E-state index contributed by atoms with van der Waals surface area (Å²) in [6.45, 7) is 5.35. The number of aryl methyl sites for hydroxylation is 1. The summed E-state index contributed by atoms with van der Waals surface area (Å²) in [4.78, 5) is 15.6. The first kappa shape index (κ1) is 19.6. The van der Waals surface area contributed by atoms with Gasteiger partial charge >= 0.3 is 0 Å². The Bertz CT molecular complexity index is 615. The molecule has 1 amide bonds. The molecule has 0 unspecified atom stereocenters. The fraction of sp³-hybridized carbons (Fsp3) is 0.562. The molecule has 0 aliphatic heterocycles. The molecule has 0 aliphatic carbocycles. The lowest BCUT2D eigenvalue weighted by atomic mass is 10.2. The summed E-state index contributed by atoms with van der Waals surface area (Å²) < 4.78 is 27.1. The van der Waals surface area contributed by atoms with Crippen molar-refractivity contribution in [1.82, 2.24) is 14.5 Å². The summed E-state index contributed by atoms with van der Waals surface area (Å²) >= 11 is 0. The van der Waals surface area contributed by atoms with Crippen LogP contribution < -0.4 is 4.72 Å². The maximum absolute atomic E-state index is 12.3. The van der Waals surface area contributed by atoms with Gasteiger partial charge in [0.15, 0.2) is 0 Å². The first-order valence-electron chi connectivity index (χ1n) is 7.69. The van der Waals surface area contributed by atoms with Crippen LogP contribution in [0.1, 0.15) is 18.9 Å². The highest BCUT2D eigenvalue weighted by molar-refractivity contribution is 7.89. The quantitative estimate of drug-likeness (QED) is 0.729. The molecular weight excluding hydrogens is 314 g/mol. The smallest absolute Gasteiger partial charge is 0.240 e. The van der Waals surface area contributed by atoms with Crippen LogP contribution in [0.5, 0.6) is 0 Å². The highest BCUT2D eigenvalue weighted by atomic mass is 32.2. The number of carbonyl (C=O) groups excluding carboxylic acids is 1. The molecule has 0 radical (unpaired) electrons. The van der Waals surface area contributed by atoms with Gasteiger partial charge in [-0.3, -0.25) is 4.79 Å². The average Bonchev–Trinajstić information content (AvgIpc) is 2.45. The first-order valence-corrected chi connectivity index (χ1v) is 9.18. The summed E-state index contributed by atoms with van der Waals surface area (Å²) in [5.74, 6) is -0.0427. The Morgan fingerprint density at radius 3 is 2.35 bits per heavy atom. The van der Waals surface area contributed by atoms with Crippen LogP contribution in [0.4, 0.5) is 0 Å². The monoisotopic (exact) mass is 341 g/mol.